The molecular formula is C13H12F3N3O. The van der Waals surface area contributed by atoms with Crippen molar-refractivity contribution >= 4 is 5.82 Å². The van der Waals surface area contributed by atoms with Crippen LogP contribution in [0.3, 0.4) is 0 Å². The average Bonchev–Trinajstić information content (AvgIpc) is 2.32. The molecule has 2 rings (SSSR count). The molecule has 0 fully saturated rings. The first-order valence-corrected chi connectivity index (χ1v) is 5.73. The number of hydrogen-bond donors (Lipinski definition) is 1. The van der Waals surface area contributed by atoms with E-state index >= 15 is 0 Å². The molecule has 0 saturated carbocycles. The molecule has 0 aliphatic heterocycles. The van der Waals surface area contributed by atoms with Crippen LogP contribution in [-0.4, -0.2) is 16.3 Å². The Bertz CT molecular complexity index is 641. The molecule has 106 valence electrons. The molecule has 20 heavy (non-hydrogen) atoms. The van der Waals surface area contributed by atoms with Gasteiger partial charge in [0.25, 0.3) is 0 Å². The van der Waals surface area contributed by atoms with E-state index in [0.717, 1.165) is 0 Å². The van der Waals surface area contributed by atoms with Gasteiger partial charge in [-0.15, -0.1) is 13.2 Å². The third kappa shape index (κ3) is 3.17. The molecule has 0 amide bonds. The molecule has 0 aliphatic rings. The molecule has 1 aromatic carbocycles. The Kier molecular flexibility index (Phi) is 3.52. The third-order valence-electron chi connectivity index (χ3n) is 2.67. The number of aromatic nitrogens is 2. The van der Waals surface area contributed by atoms with E-state index in [-0.39, 0.29) is 11.6 Å². The Morgan fingerprint density at radius 1 is 1.10 bits per heavy atom. The van der Waals surface area contributed by atoms with Gasteiger partial charge in [-0.3, -0.25) is 0 Å². The van der Waals surface area contributed by atoms with Crippen molar-refractivity contribution in [2.45, 2.75) is 20.2 Å². The molecule has 1 heterocycles. The van der Waals surface area contributed by atoms with E-state index in [9.17, 15) is 13.2 Å². The highest BCUT2D eigenvalue weighted by Gasteiger charge is 2.31. The van der Waals surface area contributed by atoms with Gasteiger partial charge in [0.1, 0.15) is 17.3 Å². The van der Waals surface area contributed by atoms with Crippen molar-refractivity contribution in [2.24, 2.45) is 0 Å². The van der Waals surface area contributed by atoms with Crippen molar-refractivity contribution < 1.29 is 17.9 Å². The van der Waals surface area contributed by atoms with E-state index in [1.54, 1.807) is 19.9 Å². The normalized spacial score (nSPS) is 11.4. The largest absolute Gasteiger partial charge is 0.573 e. The maximum atomic E-state index is 12.2. The number of aryl methyl sites for hydroxylation is 2. The minimum absolute atomic E-state index is 0.164. The summed E-state index contributed by atoms with van der Waals surface area (Å²) < 4.78 is 40.5. The second kappa shape index (κ2) is 4.99. The Morgan fingerprint density at radius 3 is 2.40 bits per heavy atom. The van der Waals surface area contributed by atoms with Crippen LogP contribution in [-0.2, 0) is 0 Å². The molecule has 7 heteroatoms. The number of ether oxygens (including phenoxy) is 1. The van der Waals surface area contributed by atoms with E-state index in [1.165, 1.54) is 18.2 Å². The summed E-state index contributed by atoms with van der Waals surface area (Å²) in [6.07, 6.45) is -4.74. The molecule has 1 aromatic heterocycles. The zero-order valence-corrected chi connectivity index (χ0v) is 10.8. The number of halogens is 3. The lowest BCUT2D eigenvalue weighted by atomic mass is 10.1. The summed E-state index contributed by atoms with van der Waals surface area (Å²) in [6.45, 7) is 3.51. The summed E-state index contributed by atoms with van der Waals surface area (Å²) in [4.78, 5) is 8.36. The van der Waals surface area contributed by atoms with E-state index in [1.807, 2.05) is 0 Å². The first-order chi connectivity index (χ1) is 9.26. The summed E-state index contributed by atoms with van der Waals surface area (Å²) in [5.41, 5.74) is 7.85. The monoisotopic (exact) mass is 283 g/mol. The fraction of sp³-hybridized carbons (Fsp3) is 0.231. The molecule has 0 radical (unpaired) electrons. The summed E-state index contributed by atoms with van der Waals surface area (Å²) in [7, 11) is 0. The Hall–Kier alpha value is -2.31. The minimum atomic E-state index is -4.74. The van der Waals surface area contributed by atoms with E-state index in [0.29, 0.717) is 22.6 Å². The summed E-state index contributed by atoms with van der Waals surface area (Å²) in [5, 5.41) is 0. The molecule has 2 N–H and O–H groups in total. The second-order valence-electron chi connectivity index (χ2n) is 4.20. The number of hydrogen-bond acceptors (Lipinski definition) is 4. The topological polar surface area (TPSA) is 61.0 Å². The highest BCUT2D eigenvalue weighted by Crippen LogP contribution is 2.29. The van der Waals surface area contributed by atoms with Crippen molar-refractivity contribution in [2.75, 3.05) is 5.73 Å². The minimum Gasteiger partial charge on any atom is -0.406 e. The van der Waals surface area contributed by atoms with Crippen LogP contribution in [0.2, 0.25) is 0 Å². The Labute approximate surface area is 113 Å². The second-order valence-corrected chi connectivity index (χ2v) is 4.20. The number of nitrogen functional groups attached to an aromatic ring is 1. The van der Waals surface area contributed by atoms with Gasteiger partial charge in [0.05, 0.1) is 11.4 Å². The first-order valence-electron chi connectivity index (χ1n) is 5.73. The quantitative estimate of drug-likeness (QED) is 0.919. The van der Waals surface area contributed by atoms with Gasteiger partial charge in [-0.1, -0.05) is 12.1 Å². The lowest BCUT2D eigenvalue weighted by molar-refractivity contribution is -0.274. The van der Waals surface area contributed by atoms with E-state index in [2.05, 4.69) is 14.7 Å². The van der Waals surface area contributed by atoms with Gasteiger partial charge >= 0.3 is 6.36 Å². The van der Waals surface area contributed by atoms with Gasteiger partial charge in [0.2, 0.25) is 0 Å². The molecule has 0 spiro atoms. The highest BCUT2D eigenvalue weighted by molar-refractivity contribution is 5.71. The molecule has 2 aromatic rings. The number of alkyl halides is 3. The smallest absolute Gasteiger partial charge is 0.406 e. The van der Waals surface area contributed by atoms with Crippen molar-refractivity contribution in [1.82, 2.24) is 9.97 Å². The first kappa shape index (κ1) is 14.1. The lowest BCUT2D eigenvalue weighted by Crippen LogP contribution is -2.17. The van der Waals surface area contributed by atoms with Crippen molar-refractivity contribution in [3.05, 3.63) is 35.7 Å². The zero-order chi connectivity index (χ0) is 14.9. The van der Waals surface area contributed by atoms with Crippen LogP contribution < -0.4 is 10.5 Å². The molecule has 0 unspecified atom stereocenters. The number of nitrogens with zero attached hydrogens (tertiary/aromatic N) is 2. The number of benzene rings is 1. The predicted molar refractivity (Wildman–Crippen MR) is 68.0 cm³/mol. The van der Waals surface area contributed by atoms with Gasteiger partial charge in [-0.2, -0.15) is 0 Å². The van der Waals surface area contributed by atoms with E-state index in [4.69, 9.17) is 5.73 Å². The Balaban J connectivity index is 2.44. The van der Waals surface area contributed by atoms with Crippen LogP contribution in [0, 0.1) is 13.8 Å². The summed E-state index contributed by atoms with van der Waals surface area (Å²) >= 11 is 0. The standard InChI is InChI=1S/C13H12F3N3O/c1-7-8(2)19-12(17)11(18-7)9-4-3-5-10(6-9)20-13(14,15)16/h3-6H,1-2H3,(H2,17,19). The maximum Gasteiger partial charge on any atom is 0.573 e. The molecular weight excluding hydrogens is 271 g/mol. The predicted octanol–water partition coefficient (Wildman–Crippen LogP) is 3.24. The SMILES string of the molecule is Cc1nc(N)c(-c2cccc(OC(F)(F)F)c2)nc1C. The zero-order valence-electron chi connectivity index (χ0n) is 10.8. The van der Waals surface area contributed by atoms with Crippen LogP contribution in [0.25, 0.3) is 11.3 Å². The number of rotatable bonds is 2. The van der Waals surface area contributed by atoms with Crippen LogP contribution in [0.1, 0.15) is 11.4 Å². The molecule has 0 saturated heterocycles. The lowest BCUT2D eigenvalue weighted by Gasteiger charge is -2.11. The Morgan fingerprint density at radius 2 is 1.75 bits per heavy atom. The van der Waals surface area contributed by atoms with Crippen molar-refractivity contribution in [3.63, 3.8) is 0 Å². The summed E-state index contributed by atoms with van der Waals surface area (Å²) in [6, 6.07) is 5.47. The third-order valence-corrected chi connectivity index (χ3v) is 2.67. The maximum absolute atomic E-state index is 12.2. The van der Waals surface area contributed by atoms with Gasteiger partial charge in [0, 0.05) is 5.56 Å². The molecule has 0 bridgehead atoms. The van der Waals surface area contributed by atoms with Gasteiger partial charge in [-0.05, 0) is 26.0 Å². The fourth-order valence-corrected chi connectivity index (χ4v) is 1.67. The highest BCUT2D eigenvalue weighted by atomic mass is 19.4. The van der Waals surface area contributed by atoms with Gasteiger partial charge in [-0.25, -0.2) is 9.97 Å². The van der Waals surface area contributed by atoms with E-state index < -0.39 is 6.36 Å². The number of nitrogens with two attached hydrogens (primary N) is 1. The fourth-order valence-electron chi connectivity index (χ4n) is 1.67. The summed E-state index contributed by atoms with van der Waals surface area (Å²) in [5.74, 6) is -0.160. The van der Waals surface area contributed by atoms with Crippen LogP contribution in [0.5, 0.6) is 5.75 Å². The van der Waals surface area contributed by atoms with Crippen molar-refractivity contribution in [3.8, 4) is 17.0 Å². The molecule has 0 aliphatic carbocycles. The van der Waals surface area contributed by atoms with Crippen LogP contribution in [0.15, 0.2) is 24.3 Å². The van der Waals surface area contributed by atoms with Crippen LogP contribution >= 0.6 is 0 Å². The van der Waals surface area contributed by atoms with Crippen LogP contribution in [0.4, 0.5) is 19.0 Å². The average molecular weight is 283 g/mol. The van der Waals surface area contributed by atoms with Crippen molar-refractivity contribution in [1.29, 1.82) is 0 Å². The number of anilines is 1. The van der Waals surface area contributed by atoms with Gasteiger partial charge in [0.15, 0.2) is 0 Å². The van der Waals surface area contributed by atoms with Gasteiger partial charge < -0.3 is 10.5 Å². The molecule has 0 atom stereocenters. The molecule has 4 nitrogen and oxygen atoms in total.